The van der Waals surface area contributed by atoms with Crippen LogP contribution in [0.5, 0.6) is 0 Å². The molecule has 2 aliphatic rings. The van der Waals surface area contributed by atoms with E-state index in [0.717, 1.165) is 31.6 Å². The van der Waals surface area contributed by atoms with Crippen LogP contribution in [0.4, 0.5) is 5.69 Å². The van der Waals surface area contributed by atoms with E-state index >= 15 is 0 Å². The molecule has 130 valence electrons. The van der Waals surface area contributed by atoms with Crippen LogP contribution < -0.4 is 4.90 Å². The molecule has 0 bridgehead atoms. The molecule has 6 heteroatoms. The standard InChI is InChI=1S/C19H22N4O2/c24-18-8-4-7-17-16(18)13-23(20-17)14-19(25)22-11-9-21(10-12-22)15-5-2-1-3-6-15/h1-3,5-6,13H,4,7-12,14H2. The van der Waals surface area contributed by atoms with Gasteiger partial charge < -0.3 is 9.80 Å². The third-order valence-corrected chi connectivity index (χ3v) is 5.01. The number of ketones is 1. The molecular weight excluding hydrogens is 316 g/mol. The van der Waals surface area contributed by atoms with Gasteiger partial charge >= 0.3 is 0 Å². The zero-order valence-corrected chi connectivity index (χ0v) is 14.2. The summed E-state index contributed by atoms with van der Waals surface area (Å²) in [7, 11) is 0. The monoisotopic (exact) mass is 338 g/mol. The van der Waals surface area contributed by atoms with Crippen LogP contribution in [0.1, 0.15) is 28.9 Å². The van der Waals surface area contributed by atoms with Crippen LogP contribution in [0.2, 0.25) is 0 Å². The number of Topliss-reactive ketones (excluding diaryl/α,β-unsaturated/α-hetero) is 1. The van der Waals surface area contributed by atoms with Gasteiger partial charge in [-0.2, -0.15) is 5.10 Å². The number of hydrogen-bond acceptors (Lipinski definition) is 4. The average molecular weight is 338 g/mol. The van der Waals surface area contributed by atoms with Gasteiger partial charge in [0.2, 0.25) is 5.91 Å². The predicted molar refractivity (Wildman–Crippen MR) is 94.7 cm³/mol. The Bertz CT molecular complexity index is 776. The van der Waals surface area contributed by atoms with Crippen molar-refractivity contribution in [2.75, 3.05) is 31.1 Å². The summed E-state index contributed by atoms with van der Waals surface area (Å²) in [6.07, 6.45) is 4.03. The van der Waals surface area contributed by atoms with Crippen molar-refractivity contribution in [2.45, 2.75) is 25.8 Å². The Morgan fingerprint density at radius 2 is 1.80 bits per heavy atom. The predicted octanol–water partition coefficient (Wildman–Crippen LogP) is 1.75. The fourth-order valence-corrected chi connectivity index (χ4v) is 3.60. The maximum Gasteiger partial charge on any atom is 0.244 e. The van der Waals surface area contributed by atoms with Gasteiger partial charge in [0.25, 0.3) is 0 Å². The molecular formula is C19H22N4O2. The van der Waals surface area contributed by atoms with Crippen molar-refractivity contribution < 1.29 is 9.59 Å². The van der Waals surface area contributed by atoms with Crippen LogP contribution in [0.15, 0.2) is 36.5 Å². The molecule has 1 fully saturated rings. The van der Waals surface area contributed by atoms with Gasteiger partial charge in [-0.05, 0) is 25.0 Å². The van der Waals surface area contributed by atoms with Crippen LogP contribution in [0, 0.1) is 0 Å². The Hall–Kier alpha value is -2.63. The lowest BCUT2D eigenvalue weighted by Gasteiger charge is -2.36. The highest BCUT2D eigenvalue weighted by Crippen LogP contribution is 2.20. The van der Waals surface area contributed by atoms with E-state index in [2.05, 4.69) is 22.1 Å². The van der Waals surface area contributed by atoms with E-state index in [4.69, 9.17) is 0 Å². The Morgan fingerprint density at radius 3 is 2.52 bits per heavy atom. The first-order valence-corrected chi connectivity index (χ1v) is 8.88. The number of para-hydroxylation sites is 1. The van der Waals surface area contributed by atoms with E-state index in [-0.39, 0.29) is 18.2 Å². The minimum Gasteiger partial charge on any atom is -0.368 e. The molecule has 0 radical (unpaired) electrons. The van der Waals surface area contributed by atoms with E-state index in [9.17, 15) is 9.59 Å². The number of hydrogen-bond donors (Lipinski definition) is 0. The summed E-state index contributed by atoms with van der Waals surface area (Å²) in [6, 6.07) is 10.3. The molecule has 2 aromatic rings. The van der Waals surface area contributed by atoms with Gasteiger partial charge in [0.1, 0.15) is 6.54 Å². The molecule has 1 aliphatic carbocycles. The maximum atomic E-state index is 12.6. The minimum atomic E-state index is 0.0695. The zero-order valence-electron chi connectivity index (χ0n) is 14.2. The first-order valence-electron chi connectivity index (χ1n) is 8.88. The summed E-state index contributed by atoms with van der Waals surface area (Å²) in [6.45, 7) is 3.32. The number of rotatable bonds is 3. The summed E-state index contributed by atoms with van der Waals surface area (Å²) >= 11 is 0. The molecule has 25 heavy (non-hydrogen) atoms. The number of benzene rings is 1. The SMILES string of the molecule is O=C1CCCc2nn(CC(=O)N3CCN(c4ccccc4)CC3)cc21. The summed E-state index contributed by atoms with van der Waals surface area (Å²) in [5.74, 6) is 0.219. The van der Waals surface area contributed by atoms with Crippen molar-refractivity contribution in [1.29, 1.82) is 0 Å². The number of aromatic nitrogens is 2. The highest BCUT2D eigenvalue weighted by molar-refractivity contribution is 5.97. The summed E-state index contributed by atoms with van der Waals surface area (Å²) in [5.41, 5.74) is 2.75. The Kier molecular flexibility index (Phi) is 4.26. The number of piperazine rings is 1. The average Bonchev–Trinajstić information content (AvgIpc) is 3.06. The summed E-state index contributed by atoms with van der Waals surface area (Å²) < 4.78 is 1.64. The quantitative estimate of drug-likeness (QED) is 0.855. The second-order valence-electron chi connectivity index (χ2n) is 6.67. The minimum absolute atomic E-state index is 0.0695. The molecule has 1 aromatic carbocycles. The van der Waals surface area contributed by atoms with Crippen LogP contribution in [-0.4, -0.2) is 52.5 Å². The molecule has 0 atom stereocenters. The van der Waals surface area contributed by atoms with Gasteiger partial charge in [-0.3, -0.25) is 14.3 Å². The maximum absolute atomic E-state index is 12.6. The molecule has 2 heterocycles. The third-order valence-electron chi connectivity index (χ3n) is 5.01. The Labute approximate surface area is 147 Å². The number of anilines is 1. The molecule has 4 rings (SSSR count). The first-order chi connectivity index (χ1) is 12.2. The van der Waals surface area contributed by atoms with E-state index in [0.29, 0.717) is 25.1 Å². The highest BCUT2D eigenvalue weighted by Gasteiger charge is 2.24. The van der Waals surface area contributed by atoms with Crippen molar-refractivity contribution in [3.8, 4) is 0 Å². The molecule has 1 aromatic heterocycles. The summed E-state index contributed by atoms with van der Waals surface area (Å²) in [5, 5.41) is 4.44. The van der Waals surface area contributed by atoms with Gasteiger partial charge in [-0.1, -0.05) is 18.2 Å². The zero-order chi connectivity index (χ0) is 17.2. The second-order valence-corrected chi connectivity index (χ2v) is 6.67. The van der Waals surface area contributed by atoms with Crippen molar-refractivity contribution in [3.63, 3.8) is 0 Å². The van der Waals surface area contributed by atoms with Crippen molar-refractivity contribution in [1.82, 2.24) is 14.7 Å². The fraction of sp³-hybridized carbons (Fsp3) is 0.421. The number of carbonyl (C=O) groups excluding carboxylic acids is 2. The molecule has 1 aliphatic heterocycles. The number of fused-ring (bicyclic) bond motifs is 1. The van der Waals surface area contributed by atoms with Crippen LogP contribution in [0.3, 0.4) is 0 Å². The third kappa shape index (κ3) is 3.29. The smallest absolute Gasteiger partial charge is 0.244 e. The number of amides is 1. The van der Waals surface area contributed by atoms with Gasteiger partial charge in [0.05, 0.1) is 11.3 Å². The first kappa shape index (κ1) is 15.9. The van der Waals surface area contributed by atoms with Gasteiger partial charge in [0, 0.05) is 44.5 Å². The molecule has 1 saturated heterocycles. The Balaban J connectivity index is 1.36. The van der Waals surface area contributed by atoms with Crippen molar-refractivity contribution in [3.05, 3.63) is 47.8 Å². The lowest BCUT2D eigenvalue weighted by atomic mass is 9.97. The molecule has 0 saturated carbocycles. The van der Waals surface area contributed by atoms with Gasteiger partial charge in [-0.15, -0.1) is 0 Å². The van der Waals surface area contributed by atoms with Crippen LogP contribution in [-0.2, 0) is 17.8 Å². The molecule has 6 nitrogen and oxygen atoms in total. The lowest BCUT2D eigenvalue weighted by Crippen LogP contribution is -2.49. The second kappa shape index (κ2) is 6.70. The fourth-order valence-electron chi connectivity index (χ4n) is 3.60. The molecule has 0 N–H and O–H groups in total. The number of nitrogens with zero attached hydrogens (tertiary/aromatic N) is 4. The van der Waals surface area contributed by atoms with Gasteiger partial charge in [-0.25, -0.2) is 0 Å². The molecule has 0 unspecified atom stereocenters. The van der Waals surface area contributed by atoms with E-state index < -0.39 is 0 Å². The largest absolute Gasteiger partial charge is 0.368 e. The molecule has 0 spiro atoms. The topological polar surface area (TPSA) is 58.4 Å². The van der Waals surface area contributed by atoms with Crippen LogP contribution >= 0.6 is 0 Å². The number of aryl methyl sites for hydroxylation is 1. The summed E-state index contributed by atoms with van der Waals surface area (Å²) in [4.78, 5) is 28.7. The highest BCUT2D eigenvalue weighted by atomic mass is 16.2. The van der Waals surface area contributed by atoms with E-state index in [1.165, 1.54) is 5.69 Å². The van der Waals surface area contributed by atoms with Crippen molar-refractivity contribution >= 4 is 17.4 Å². The normalized spacial score (nSPS) is 17.5. The van der Waals surface area contributed by atoms with E-state index in [1.807, 2.05) is 23.1 Å². The van der Waals surface area contributed by atoms with E-state index in [1.54, 1.807) is 10.9 Å². The Morgan fingerprint density at radius 1 is 1.04 bits per heavy atom. The van der Waals surface area contributed by atoms with Gasteiger partial charge in [0.15, 0.2) is 5.78 Å². The molecule has 1 amide bonds. The van der Waals surface area contributed by atoms with Crippen LogP contribution in [0.25, 0.3) is 0 Å². The lowest BCUT2D eigenvalue weighted by molar-refractivity contribution is -0.132. The number of carbonyl (C=O) groups is 2. The van der Waals surface area contributed by atoms with Crippen molar-refractivity contribution in [2.24, 2.45) is 0 Å².